The van der Waals surface area contributed by atoms with Gasteiger partial charge >= 0.3 is 0 Å². The molecule has 0 spiro atoms. The highest BCUT2D eigenvalue weighted by Crippen LogP contribution is 2.35. The molecule has 0 unspecified atom stereocenters. The zero-order chi connectivity index (χ0) is 22.2. The highest BCUT2D eigenvalue weighted by molar-refractivity contribution is 7.99. The van der Waals surface area contributed by atoms with Crippen molar-refractivity contribution in [2.45, 2.75) is 37.8 Å². The van der Waals surface area contributed by atoms with E-state index in [1.807, 2.05) is 24.0 Å². The maximum Gasteiger partial charge on any atom is 0.267 e. The van der Waals surface area contributed by atoms with Crippen LogP contribution in [0.2, 0.25) is 5.02 Å². The van der Waals surface area contributed by atoms with Crippen molar-refractivity contribution < 1.29 is 9.53 Å². The molecule has 3 aromatic rings. The van der Waals surface area contributed by atoms with Crippen LogP contribution >= 0.6 is 34.7 Å². The van der Waals surface area contributed by atoms with Gasteiger partial charge in [-0.3, -0.25) is 14.2 Å². The molecule has 1 fully saturated rings. The number of thioether (sulfide) groups is 1. The van der Waals surface area contributed by atoms with Gasteiger partial charge in [0.2, 0.25) is 5.91 Å². The third-order valence-corrected chi connectivity index (χ3v) is 8.58. The molecule has 32 heavy (non-hydrogen) atoms. The summed E-state index contributed by atoms with van der Waals surface area (Å²) in [6.45, 7) is 4.26. The molecule has 0 atom stereocenters. The number of hydrogen-bond donors (Lipinski definition) is 0. The zero-order valence-corrected chi connectivity index (χ0v) is 20.2. The van der Waals surface area contributed by atoms with Crippen LogP contribution in [0.3, 0.4) is 0 Å². The van der Waals surface area contributed by atoms with E-state index in [2.05, 4.69) is 0 Å². The van der Waals surface area contributed by atoms with Gasteiger partial charge in [-0.2, -0.15) is 0 Å². The second kappa shape index (κ2) is 9.17. The van der Waals surface area contributed by atoms with Gasteiger partial charge in [0.15, 0.2) is 5.16 Å². The van der Waals surface area contributed by atoms with Crippen molar-refractivity contribution in [1.82, 2.24) is 14.5 Å². The summed E-state index contributed by atoms with van der Waals surface area (Å²) in [7, 11) is 0. The molecule has 0 radical (unpaired) electrons. The molecule has 9 heteroatoms. The Morgan fingerprint density at radius 2 is 2.03 bits per heavy atom. The van der Waals surface area contributed by atoms with E-state index < -0.39 is 0 Å². The zero-order valence-electron chi connectivity index (χ0n) is 17.9. The Bertz CT molecular complexity index is 1250. The minimum atomic E-state index is -0.0735. The highest BCUT2D eigenvalue weighted by atomic mass is 35.5. The minimum absolute atomic E-state index is 0.0339. The summed E-state index contributed by atoms with van der Waals surface area (Å²) in [5.74, 6) is 0.259. The lowest BCUT2D eigenvalue weighted by Gasteiger charge is -2.26. The fourth-order valence-electron chi connectivity index (χ4n) is 4.26. The fourth-order valence-corrected chi connectivity index (χ4v) is 6.65. The number of ether oxygens (including phenoxy) is 1. The number of carbonyl (C=O) groups excluding carboxylic acids is 1. The Kier molecular flexibility index (Phi) is 6.29. The number of hydrogen-bond acceptors (Lipinski definition) is 6. The Morgan fingerprint density at radius 1 is 1.25 bits per heavy atom. The second-order valence-electron chi connectivity index (χ2n) is 8.14. The third-order valence-electron chi connectivity index (χ3n) is 6.06. The van der Waals surface area contributed by atoms with Gasteiger partial charge < -0.3 is 9.64 Å². The van der Waals surface area contributed by atoms with Gasteiger partial charge in [-0.15, -0.1) is 11.3 Å². The first-order valence-corrected chi connectivity index (χ1v) is 13.0. The summed E-state index contributed by atoms with van der Waals surface area (Å²) in [5, 5.41) is 1.86. The van der Waals surface area contributed by atoms with Crippen LogP contribution in [-0.2, 0) is 22.4 Å². The lowest BCUT2D eigenvalue weighted by Crippen LogP contribution is -2.41. The molecule has 6 nitrogen and oxygen atoms in total. The lowest BCUT2D eigenvalue weighted by atomic mass is 9.97. The van der Waals surface area contributed by atoms with Crippen molar-refractivity contribution in [3.05, 3.63) is 49.6 Å². The molecule has 3 heterocycles. The second-order valence-corrected chi connectivity index (χ2v) is 10.6. The Balaban J connectivity index is 1.59. The number of aromatic nitrogens is 2. The summed E-state index contributed by atoms with van der Waals surface area (Å²) in [6.07, 6.45) is 4.17. The predicted octanol–water partition coefficient (Wildman–Crippen LogP) is 4.24. The van der Waals surface area contributed by atoms with Crippen LogP contribution in [0.1, 0.15) is 28.8 Å². The molecule has 1 aliphatic heterocycles. The Hall–Kier alpha value is -1.87. The van der Waals surface area contributed by atoms with E-state index in [1.54, 1.807) is 22.0 Å². The van der Waals surface area contributed by atoms with Crippen molar-refractivity contribution in [1.29, 1.82) is 0 Å². The molecule has 0 saturated carbocycles. The van der Waals surface area contributed by atoms with Crippen LogP contribution < -0.4 is 5.56 Å². The van der Waals surface area contributed by atoms with E-state index in [9.17, 15) is 9.59 Å². The number of halogens is 1. The van der Waals surface area contributed by atoms with Gasteiger partial charge in [0.05, 0.1) is 30.0 Å². The lowest BCUT2D eigenvalue weighted by molar-refractivity contribution is -0.132. The van der Waals surface area contributed by atoms with Crippen molar-refractivity contribution in [2.24, 2.45) is 0 Å². The molecular weight excluding hydrogens is 466 g/mol. The number of thiophene rings is 1. The Labute approximate surface area is 199 Å². The number of rotatable bonds is 4. The molecule has 1 amide bonds. The molecule has 5 rings (SSSR count). The normalized spacial score (nSPS) is 16.4. The molecular formula is C23H24ClN3O3S2. The summed E-state index contributed by atoms with van der Waals surface area (Å²) < 4.78 is 6.98. The maximum atomic E-state index is 13.8. The summed E-state index contributed by atoms with van der Waals surface area (Å²) in [4.78, 5) is 35.3. The van der Waals surface area contributed by atoms with E-state index in [0.29, 0.717) is 42.2 Å². The van der Waals surface area contributed by atoms with Gasteiger partial charge in [-0.1, -0.05) is 29.4 Å². The molecule has 2 aromatic heterocycles. The van der Waals surface area contributed by atoms with Gasteiger partial charge in [-0.05, 0) is 55.9 Å². The van der Waals surface area contributed by atoms with Crippen LogP contribution in [-0.4, -0.2) is 52.4 Å². The van der Waals surface area contributed by atoms with Crippen molar-refractivity contribution in [3.63, 3.8) is 0 Å². The molecule has 0 N–H and O–H groups in total. The van der Waals surface area contributed by atoms with E-state index >= 15 is 0 Å². The third kappa shape index (κ3) is 4.09. The number of morpholine rings is 1. The number of amides is 1. The van der Waals surface area contributed by atoms with Gasteiger partial charge in [-0.25, -0.2) is 4.98 Å². The first-order chi connectivity index (χ1) is 15.5. The van der Waals surface area contributed by atoms with Gasteiger partial charge in [0, 0.05) is 23.0 Å². The smallest absolute Gasteiger partial charge is 0.267 e. The van der Waals surface area contributed by atoms with E-state index in [4.69, 9.17) is 21.3 Å². The van der Waals surface area contributed by atoms with Crippen molar-refractivity contribution in [3.8, 4) is 5.69 Å². The van der Waals surface area contributed by atoms with Crippen LogP contribution in [0.5, 0.6) is 0 Å². The number of carbonyl (C=O) groups is 1. The number of fused-ring (bicyclic) bond motifs is 3. The highest BCUT2D eigenvalue weighted by Gasteiger charge is 2.24. The first kappa shape index (κ1) is 21.9. The monoisotopic (exact) mass is 489 g/mol. The number of nitrogens with zero attached hydrogens (tertiary/aromatic N) is 3. The number of benzene rings is 1. The Morgan fingerprint density at radius 3 is 2.81 bits per heavy atom. The first-order valence-electron chi connectivity index (χ1n) is 10.8. The molecule has 1 saturated heterocycles. The topological polar surface area (TPSA) is 64.4 Å². The largest absolute Gasteiger partial charge is 0.378 e. The summed E-state index contributed by atoms with van der Waals surface area (Å²) in [5.41, 5.74) is 2.71. The van der Waals surface area contributed by atoms with E-state index in [1.165, 1.54) is 16.6 Å². The minimum Gasteiger partial charge on any atom is -0.378 e. The molecule has 1 aromatic carbocycles. The van der Waals surface area contributed by atoms with Crippen LogP contribution in [0, 0.1) is 6.92 Å². The quantitative estimate of drug-likeness (QED) is 0.405. The van der Waals surface area contributed by atoms with Crippen molar-refractivity contribution in [2.75, 3.05) is 32.1 Å². The van der Waals surface area contributed by atoms with Crippen LogP contribution in [0.4, 0.5) is 0 Å². The van der Waals surface area contributed by atoms with E-state index in [0.717, 1.165) is 47.0 Å². The van der Waals surface area contributed by atoms with Crippen molar-refractivity contribution >= 4 is 50.8 Å². The average molecular weight is 490 g/mol. The summed E-state index contributed by atoms with van der Waals surface area (Å²) in [6, 6.07) is 5.60. The molecule has 168 valence electrons. The predicted molar refractivity (Wildman–Crippen MR) is 130 cm³/mol. The number of aryl methyl sites for hydroxylation is 3. The van der Waals surface area contributed by atoms with Gasteiger partial charge in [0.1, 0.15) is 4.83 Å². The van der Waals surface area contributed by atoms with Crippen LogP contribution in [0.25, 0.3) is 15.9 Å². The fraction of sp³-hybridized carbons (Fsp3) is 0.435. The molecule has 1 aliphatic carbocycles. The maximum absolute atomic E-state index is 13.8. The average Bonchev–Trinajstić information content (AvgIpc) is 3.19. The molecule has 0 bridgehead atoms. The summed E-state index contributed by atoms with van der Waals surface area (Å²) >= 11 is 9.33. The standard InChI is InChI=1S/C23H24ClN3O3S2/c1-14-6-7-15(12-17(14)24)27-22(29)20-16-4-2-3-5-18(16)32-21(20)25-23(27)31-13-19(28)26-8-10-30-11-9-26/h6-7,12H,2-5,8-11,13H2,1H3. The SMILES string of the molecule is Cc1ccc(-n2c(SCC(=O)N3CCOCC3)nc3sc4c(c3c2=O)CCCC4)cc1Cl. The van der Waals surface area contributed by atoms with E-state index in [-0.39, 0.29) is 17.2 Å². The van der Waals surface area contributed by atoms with Gasteiger partial charge in [0.25, 0.3) is 5.56 Å². The molecule has 2 aliphatic rings. The van der Waals surface area contributed by atoms with Crippen LogP contribution in [0.15, 0.2) is 28.2 Å².